The molecule has 0 radical (unpaired) electrons. The molecule has 0 saturated heterocycles. The van der Waals surface area contributed by atoms with Crippen LogP contribution >= 0.6 is 21.9 Å². The smallest absolute Gasteiger partial charge is 0.211 e. The number of hydrogen-bond acceptors (Lipinski definition) is 3. The molecule has 0 aliphatic carbocycles. The number of hydrogen-bond donors (Lipinski definition) is 0. The van der Waals surface area contributed by atoms with Gasteiger partial charge >= 0.3 is 0 Å². The molecular weight excluding hydrogens is 252 g/mol. The van der Waals surface area contributed by atoms with Crippen LogP contribution in [0.1, 0.15) is 20.8 Å². The second kappa shape index (κ2) is 5.62. The predicted octanol–water partition coefficient (Wildman–Crippen LogP) is 5.36. The molecular formula is C12H20OS2Si. The van der Waals surface area contributed by atoms with Crippen molar-refractivity contribution in [2.45, 2.75) is 43.8 Å². The van der Waals surface area contributed by atoms with Gasteiger partial charge in [-0.2, -0.15) is 0 Å². The third-order valence-electron chi connectivity index (χ3n) is 2.92. The number of benzene rings is 1. The Balaban J connectivity index is 2.42. The van der Waals surface area contributed by atoms with E-state index in [1.165, 1.54) is 16.0 Å². The van der Waals surface area contributed by atoms with E-state index in [0.29, 0.717) is 0 Å². The topological polar surface area (TPSA) is 9.23 Å². The molecule has 0 spiro atoms. The summed E-state index contributed by atoms with van der Waals surface area (Å²) in [5, 5.41) is 0.275. The van der Waals surface area contributed by atoms with Crippen molar-refractivity contribution in [2.24, 2.45) is 0 Å². The van der Waals surface area contributed by atoms with Crippen molar-refractivity contribution in [1.29, 1.82) is 0 Å². The fourth-order valence-electron chi connectivity index (χ4n) is 0.742. The summed E-state index contributed by atoms with van der Waals surface area (Å²) in [7, 11) is 0.0759. The highest BCUT2D eigenvalue weighted by Gasteiger charge is 2.38. The summed E-state index contributed by atoms with van der Waals surface area (Å²) in [6.45, 7) is 11.3. The average molecular weight is 273 g/mol. The van der Waals surface area contributed by atoms with Gasteiger partial charge < -0.3 is 3.87 Å². The van der Waals surface area contributed by atoms with Gasteiger partial charge in [-0.25, -0.2) is 0 Å². The molecule has 0 bridgehead atoms. The van der Waals surface area contributed by atoms with Gasteiger partial charge in [0.15, 0.2) is 0 Å². The maximum atomic E-state index is 6.02. The molecule has 0 N–H and O–H groups in total. The van der Waals surface area contributed by atoms with Crippen LogP contribution < -0.4 is 0 Å². The van der Waals surface area contributed by atoms with Gasteiger partial charge in [-0.3, -0.25) is 0 Å². The van der Waals surface area contributed by atoms with Gasteiger partial charge in [0, 0.05) is 4.90 Å². The van der Waals surface area contributed by atoms with E-state index < -0.39 is 8.32 Å². The zero-order valence-corrected chi connectivity index (χ0v) is 13.2. The van der Waals surface area contributed by atoms with E-state index in [0.717, 1.165) is 0 Å². The molecule has 0 fully saturated rings. The Morgan fingerprint density at radius 3 is 2.12 bits per heavy atom. The molecule has 1 aromatic rings. The molecule has 0 aliphatic heterocycles. The summed E-state index contributed by atoms with van der Waals surface area (Å²) < 4.78 is 6.02. The lowest BCUT2D eigenvalue weighted by atomic mass is 10.2. The first-order valence-corrected chi connectivity index (χ1v) is 10.4. The van der Waals surface area contributed by atoms with Crippen LogP contribution in [0, 0.1) is 0 Å². The fourth-order valence-corrected chi connectivity index (χ4v) is 5.31. The summed E-state index contributed by atoms with van der Waals surface area (Å²) in [5.74, 6) is 0. The minimum absolute atomic E-state index is 0.275. The quantitative estimate of drug-likeness (QED) is 0.414. The van der Waals surface area contributed by atoms with E-state index in [2.05, 4.69) is 58.1 Å². The standard InChI is InChI=1S/C12H20OS2Si/c1-12(2,3)16(4,5)13-15-14-11-9-7-6-8-10-11/h6-10H,1-5H3. The molecule has 90 valence electrons. The molecule has 0 heterocycles. The Morgan fingerprint density at radius 2 is 1.62 bits per heavy atom. The molecule has 0 unspecified atom stereocenters. The van der Waals surface area contributed by atoms with Crippen LogP contribution in [0.4, 0.5) is 0 Å². The van der Waals surface area contributed by atoms with Crippen LogP contribution in [-0.4, -0.2) is 8.32 Å². The molecule has 0 aromatic heterocycles. The molecule has 0 amide bonds. The van der Waals surface area contributed by atoms with Crippen molar-refractivity contribution in [3.63, 3.8) is 0 Å². The van der Waals surface area contributed by atoms with Crippen molar-refractivity contribution in [3.8, 4) is 0 Å². The zero-order valence-electron chi connectivity index (χ0n) is 10.6. The minimum atomic E-state index is -1.62. The fraction of sp³-hybridized carbons (Fsp3) is 0.500. The second-order valence-electron chi connectivity index (χ2n) is 5.31. The Kier molecular flexibility index (Phi) is 4.98. The maximum Gasteiger partial charge on any atom is 0.211 e. The molecule has 0 saturated carbocycles. The molecule has 16 heavy (non-hydrogen) atoms. The Morgan fingerprint density at radius 1 is 1.06 bits per heavy atom. The van der Waals surface area contributed by atoms with E-state index in [-0.39, 0.29) is 5.04 Å². The van der Waals surface area contributed by atoms with E-state index in [4.69, 9.17) is 3.87 Å². The molecule has 1 aromatic carbocycles. The lowest BCUT2D eigenvalue weighted by molar-refractivity contribution is 0.555. The zero-order chi connectivity index (χ0) is 12.2. The molecule has 0 atom stereocenters. The van der Waals surface area contributed by atoms with Crippen LogP contribution in [-0.2, 0) is 3.87 Å². The van der Waals surface area contributed by atoms with Crippen molar-refractivity contribution >= 4 is 30.2 Å². The largest absolute Gasteiger partial charge is 0.348 e. The van der Waals surface area contributed by atoms with E-state index >= 15 is 0 Å². The summed E-state index contributed by atoms with van der Waals surface area (Å²) in [4.78, 5) is 1.24. The summed E-state index contributed by atoms with van der Waals surface area (Å²) in [6, 6.07) is 10.3. The highest BCUT2D eigenvalue weighted by atomic mass is 33.1. The van der Waals surface area contributed by atoms with Crippen LogP contribution in [0.15, 0.2) is 35.2 Å². The second-order valence-corrected chi connectivity index (χ2v) is 12.2. The highest BCUT2D eigenvalue weighted by molar-refractivity contribution is 8.75. The van der Waals surface area contributed by atoms with Gasteiger partial charge in [-0.05, 0) is 41.1 Å². The van der Waals surface area contributed by atoms with Gasteiger partial charge in [0.2, 0.25) is 8.32 Å². The van der Waals surface area contributed by atoms with Crippen LogP contribution in [0.3, 0.4) is 0 Å². The first-order chi connectivity index (χ1) is 7.33. The summed E-state index contributed by atoms with van der Waals surface area (Å²) in [6.07, 6.45) is 0. The summed E-state index contributed by atoms with van der Waals surface area (Å²) >= 11 is 1.52. The van der Waals surface area contributed by atoms with Crippen molar-refractivity contribution in [2.75, 3.05) is 0 Å². The predicted molar refractivity (Wildman–Crippen MR) is 78.2 cm³/mol. The first kappa shape index (κ1) is 14.2. The molecule has 0 aliphatic rings. The van der Waals surface area contributed by atoms with Gasteiger partial charge in [-0.15, -0.1) is 0 Å². The Hall–Kier alpha value is 0.0969. The minimum Gasteiger partial charge on any atom is -0.348 e. The lowest BCUT2D eigenvalue weighted by Gasteiger charge is -2.34. The van der Waals surface area contributed by atoms with E-state index in [1.54, 1.807) is 10.8 Å². The van der Waals surface area contributed by atoms with Gasteiger partial charge in [0.05, 0.1) is 11.1 Å². The highest BCUT2D eigenvalue weighted by Crippen LogP contribution is 2.42. The van der Waals surface area contributed by atoms with Crippen LogP contribution in [0.2, 0.25) is 18.1 Å². The molecule has 4 heteroatoms. The van der Waals surface area contributed by atoms with Crippen molar-refractivity contribution in [3.05, 3.63) is 30.3 Å². The third kappa shape index (κ3) is 4.16. The maximum absolute atomic E-state index is 6.02. The van der Waals surface area contributed by atoms with Gasteiger partial charge in [0.1, 0.15) is 0 Å². The van der Waals surface area contributed by atoms with Crippen LogP contribution in [0.5, 0.6) is 0 Å². The Bertz CT molecular complexity index is 320. The van der Waals surface area contributed by atoms with E-state index in [1.807, 2.05) is 6.07 Å². The van der Waals surface area contributed by atoms with Crippen LogP contribution in [0.25, 0.3) is 0 Å². The monoisotopic (exact) mass is 272 g/mol. The SMILES string of the molecule is CC(C)(C)[Si](C)(C)OSSc1ccccc1. The number of rotatable bonds is 4. The van der Waals surface area contributed by atoms with E-state index in [9.17, 15) is 0 Å². The average Bonchev–Trinajstić information content (AvgIpc) is 2.17. The van der Waals surface area contributed by atoms with Gasteiger partial charge in [-0.1, -0.05) is 39.0 Å². The molecule has 1 rings (SSSR count). The molecule has 1 nitrogen and oxygen atoms in total. The summed E-state index contributed by atoms with van der Waals surface area (Å²) in [5.41, 5.74) is 0. The van der Waals surface area contributed by atoms with Crippen molar-refractivity contribution in [1.82, 2.24) is 0 Å². The Labute approximate surface area is 108 Å². The first-order valence-electron chi connectivity index (χ1n) is 5.40. The third-order valence-corrected chi connectivity index (χ3v) is 10.4. The van der Waals surface area contributed by atoms with Gasteiger partial charge in [0.25, 0.3) is 0 Å². The normalized spacial score (nSPS) is 12.8. The van der Waals surface area contributed by atoms with Crippen molar-refractivity contribution < 1.29 is 3.87 Å². The lowest BCUT2D eigenvalue weighted by Crippen LogP contribution is -2.38.